The van der Waals surface area contributed by atoms with Crippen molar-refractivity contribution in [2.45, 2.75) is 36.0 Å². The van der Waals surface area contributed by atoms with Gasteiger partial charge in [0.25, 0.3) is 0 Å². The molecular formula is C12H15NO3S. The predicted octanol–water partition coefficient (Wildman–Crippen LogP) is 1.39. The first-order valence-corrected chi connectivity index (χ1v) is 7.03. The fraction of sp³-hybridized carbons (Fsp3) is 0.417. The van der Waals surface area contributed by atoms with Crippen LogP contribution in [-0.4, -0.2) is 19.7 Å². The molecule has 1 aromatic carbocycles. The summed E-state index contributed by atoms with van der Waals surface area (Å²) in [6.45, 7) is 1.90. The van der Waals surface area contributed by atoms with E-state index in [0.717, 1.165) is 12.0 Å². The highest BCUT2D eigenvalue weighted by molar-refractivity contribution is 7.92. The number of nitrogens with one attached hydrogen (secondary N) is 1. The molecule has 1 N–H and O–H groups in total. The third-order valence-corrected chi connectivity index (χ3v) is 5.78. The van der Waals surface area contributed by atoms with Crippen LogP contribution in [0.3, 0.4) is 0 Å². The van der Waals surface area contributed by atoms with Crippen LogP contribution in [0.4, 0.5) is 0 Å². The van der Waals surface area contributed by atoms with Gasteiger partial charge in [-0.3, -0.25) is 4.79 Å². The van der Waals surface area contributed by atoms with Crippen LogP contribution in [0.15, 0.2) is 29.2 Å². The van der Waals surface area contributed by atoms with Gasteiger partial charge in [-0.15, -0.1) is 0 Å². The number of carbonyl (C=O) groups excluding carboxylic acids is 1. The van der Waals surface area contributed by atoms with E-state index in [4.69, 9.17) is 0 Å². The summed E-state index contributed by atoms with van der Waals surface area (Å²) in [5.41, 5.74) is 1.01. The Morgan fingerprint density at radius 1 is 1.24 bits per heavy atom. The van der Waals surface area contributed by atoms with E-state index in [2.05, 4.69) is 5.32 Å². The number of hydrogen-bond acceptors (Lipinski definition) is 3. The van der Waals surface area contributed by atoms with E-state index in [1.807, 2.05) is 6.92 Å². The van der Waals surface area contributed by atoms with Gasteiger partial charge in [0.2, 0.25) is 16.2 Å². The summed E-state index contributed by atoms with van der Waals surface area (Å²) in [5.74, 6) is 0. The maximum Gasteiger partial charge on any atom is 0.208 e. The van der Waals surface area contributed by atoms with Crippen LogP contribution in [0, 0.1) is 6.92 Å². The van der Waals surface area contributed by atoms with Crippen LogP contribution in [-0.2, 0) is 14.6 Å². The van der Waals surface area contributed by atoms with E-state index in [1.54, 1.807) is 24.3 Å². The molecule has 1 fully saturated rings. The maximum absolute atomic E-state index is 12.4. The fourth-order valence-corrected chi connectivity index (χ4v) is 4.01. The highest BCUT2D eigenvalue weighted by atomic mass is 32.2. The van der Waals surface area contributed by atoms with Gasteiger partial charge in [-0.1, -0.05) is 17.7 Å². The number of aryl methyl sites for hydroxylation is 1. The first-order chi connectivity index (χ1) is 8.02. The maximum atomic E-state index is 12.4. The van der Waals surface area contributed by atoms with Crippen molar-refractivity contribution < 1.29 is 13.2 Å². The largest absolute Gasteiger partial charge is 0.339 e. The van der Waals surface area contributed by atoms with Crippen molar-refractivity contribution in [3.05, 3.63) is 29.8 Å². The fourth-order valence-electron chi connectivity index (χ4n) is 2.04. The Kier molecular flexibility index (Phi) is 2.95. The Morgan fingerprint density at radius 3 is 2.24 bits per heavy atom. The summed E-state index contributed by atoms with van der Waals surface area (Å²) in [4.78, 5) is 9.77. The van der Waals surface area contributed by atoms with Gasteiger partial charge in [-0.25, -0.2) is 8.42 Å². The van der Waals surface area contributed by atoms with E-state index in [0.29, 0.717) is 19.3 Å². The van der Waals surface area contributed by atoms with E-state index >= 15 is 0 Å². The molecular weight excluding hydrogens is 238 g/mol. The van der Waals surface area contributed by atoms with Crippen molar-refractivity contribution in [1.29, 1.82) is 0 Å². The minimum atomic E-state index is -3.49. The average molecular weight is 253 g/mol. The second kappa shape index (κ2) is 4.14. The molecule has 0 saturated heterocycles. The minimum absolute atomic E-state index is 0.275. The summed E-state index contributed by atoms with van der Waals surface area (Å²) in [6, 6.07) is 6.72. The highest BCUT2D eigenvalue weighted by Gasteiger charge is 2.49. The number of sulfone groups is 1. The second-order valence-electron chi connectivity index (χ2n) is 4.43. The standard InChI is InChI=1S/C12H15NO3S/c1-10-3-5-11(6-4-10)17(15,16)12(13-9-14)7-2-8-12/h3-6,9H,2,7-8H2,1H3,(H,13,14). The van der Waals surface area contributed by atoms with Crippen LogP contribution in [0.1, 0.15) is 24.8 Å². The van der Waals surface area contributed by atoms with Gasteiger partial charge in [-0.05, 0) is 38.3 Å². The normalized spacial score (nSPS) is 18.2. The topological polar surface area (TPSA) is 63.2 Å². The molecule has 0 atom stereocenters. The van der Waals surface area contributed by atoms with Gasteiger partial charge in [0, 0.05) is 0 Å². The van der Waals surface area contributed by atoms with Crippen LogP contribution >= 0.6 is 0 Å². The van der Waals surface area contributed by atoms with Gasteiger partial charge in [0.1, 0.15) is 4.87 Å². The van der Waals surface area contributed by atoms with Crippen molar-refractivity contribution in [2.75, 3.05) is 0 Å². The zero-order chi connectivity index (χ0) is 12.5. The third kappa shape index (κ3) is 1.84. The molecule has 1 saturated carbocycles. The van der Waals surface area contributed by atoms with E-state index in [1.165, 1.54) is 0 Å². The van der Waals surface area contributed by atoms with E-state index in [9.17, 15) is 13.2 Å². The summed E-state index contributed by atoms with van der Waals surface area (Å²) in [7, 11) is -3.49. The molecule has 5 heteroatoms. The highest BCUT2D eigenvalue weighted by Crippen LogP contribution is 2.40. The lowest BCUT2D eigenvalue weighted by Gasteiger charge is -2.40. The molecule has 17 heavy (non-hydrogen) atoms. The number of benzene rings is 1. The Balaban J connectivity index is 2.41. The van der Waals surface area contributed by atoms with Gasteiger partial charge >= 0.3 is 0 Å². The Hall–Kier alpha value is -1.36. The molecule has 0 unspecified atom stereocenters. The molecule has 1 aromatic rings. The third-order valence-electron chi connectivity index (χ3n) is 3.33. The minimum Gasteiger partial charge on any atom is -0.339 e. The van der Waals surface area contributed by atoms with Crippen molar-refractivity contribution in [2.24, 2.45) is 0 Å². The number of rotatable bonds is 4. The molecule has 1 aliphatic rings. The lowest BCUT2D eigenvalue weighted by atomic mass is 9.92. The molecule has 1 aliphatic carbocycles. The number of carbonyl (C=O) groups is 1. The van der Waals surface area contributed by atoms with Crippen LogP contribution in [0.2, 0.25) is 0 Å². The number of amides is 1. The predicted molar refractivity (Wildman–Crippen MR) is 64.1 cm³/mol. The summed E-state index contributed by atoms with van der Waals surface area (Å²) in [5, 5.41) is 2.48. The Labute approximate surface area is 101 Å². The van der Waals surface area contributed by atoms with Gasteiger partial charge < -0.3 is 5.32 Å². The van der Waals surface area contributed by atoms with E-state index < -0.39 is 14.7 Å². The molecule has 1 amide bonds. The number of hydrogen-bond donors (Lipinski definition) is 1. The Morgan fingerprint density at radius 2 is 1.82 bits per heavy atom. The second-order valence-corrected chi connectivity index (χ2v) is 6.69. The molecule has 4 nitrogen and oxygen atoms in total. The quantitative estimate of drug-likeness (QED) is 0.825. The lowest BCUT2D eigenvalue weighted by Crippen LogP contribution is -2.56. The molecule has 0 aliphatic heterocycles. The zero-order valence-corrected chi connectivity index (χ0v) is 10.5. The Bertz CT molecular complexity index is 515. The smallest absolute Gasteiger partial charge is 0.208 e. The van der Waals surface area contributed by atoms with E-state index in [-0.39, 0.29) is 4.90 Å². The van der Waals surface area contributed by atoms with Crippen molar-refractivity contribution >= 4 is 16.2 Å². The first kappa shape index (κ1) is 12.1. The van der Waals surface area contributed by atoms with Crippen molar-refractivity contribution in [3.63, 3.8) is 0 Å². The van der Waals surface area contributed by atoms with Crippen molar-refractivity contribution in [3.8, 4) is 0 Å². The average Bonchev–Trinajstić information content (AvgIpc) is 2.23. The van der Waals surface area contributed by atoms with Gasteiger partial charge in [-0.2, -0.15) is 0 Å². The van der Waals surface area contributed by atoms with Gasteiger partial charge in [0.05, 0.1) is 4.90 Å². The van der Waals surface area contributed by atoms with Crippen LogP contribution in [0.25, 0.3) is 0 Å². The zero-order valence-electron chi connectivity index (χ0n) is 9.64. The van der Waals surface area contributed by atoms with Crippen molar-refractivity contribution in [1.82, 2.24) is 5.32 Å². The van der Waals surface area contributed by atoms with Gasteiger partial charge in [0.15, 0.2) is 0 Å². The monoisotopic (exact) mass is 253 g/mol. The molecule has 0 spiro atoms. The first-order valence-electron chi connectivity index (χ1n) is 5.54. The van der Waals surface area contributed by atoms with Crippen LogP contribution < -0.4 is 5.32 Å². The molecule has 92 valence electrons. The molecule has 0 bridgehead atoms. The molecule has 0 heterocycles. The summed E-state index contributed by atoms with van der Waals surface area (Å²) < 4.78 is 24.8. The summed E-state index contributed by atoms with van der Waals surface area (Å²) >= 11 is 0. The molecule has 2 rings (SSSR count). The van der Waals surface area contributed by atoms with Crippen LogP contribution in [0.5, 0.6) is 0 Å². The molecule has 0 aromatic heterocycles. The lowest BCUT2D eigenvalue weighted by molar-refractivity contribution is -0.111. The molecule has 0 radical (unpaired) electrons. The SMILES string of the molecule is Cc1ccc(S(=O)(=O)C2(NC=O)CCC2)cc1. The summed E-state index contributed by atoms with van der Waals surface area (Å²) in [6.07, 6.45) is 2.28.